The SMILES string of the molecule is C=C(Nc1ccccc1CCC)c1ccc(/C(C)=C/C(C)(C)C)cc1. The van der Waals surface area contributed by atoms with E-state index in [2.05, 4.69) is 101 Å². The molecule has 0 atom stereocenters. The van der Waals surface area contributed by atoms with Gasteiger partial charge in [-0.05, 0) is 47.1 Å². The normalized spacial score (nSPS) is 12.1. The Morgan fingerprint density at radius 3 is 2.20 bits per heavy atom. The summed E-state index contributed by atoms with van der Waals surface area (Å²) in [5.41, 5.74) is 7.32. The molecule has 1 nitrogen and oxygen atoms in total. The van der Waals surface area contributed by atoms with Crippen LogP contribution in [0.3, 0.4) is 0 Å². The second-order valence-electron chi connectivity index (χ2n) is 7.78. The molecule has 25 heavy (non-hydrogen) atoms. The van der Waals surface area contributed by atoms with Gasteiger partial charge in [-0.3, -0.25) is 0 Å². The molecule has 0 amide bonds. The van der Waals surface area contributed by atoms with Crippen LogP contribution in [-0.4, -0.2) is 0 Å². The highest BCUT2D eigenvalue weighted by atomic mass is 14.9. The summed E-state index contributed by atoms with van der Waals surface area (Å²) in [6, 6.07) is 17.1. The molecule has 0 aliphatic heterocycles. The van der Waals surface area contributed by atoms with Crippen molar-refractivity contribution in [3.8, 4) is 0 Å². The maximum Gasteiger partial charge on any atom is 0.0416 e. The molecule has 0 aromatic heterocycles. The topological polar surface area (TPSA) is 12.0 Å². The molecule has 0 radical (unpaired) electrons. The van der Waals surface area contributed by atoms with Crippen molar-refractivity contribution in [2.24, 2.45) is 5.41 Å². The number of para-hydroxylation sites is 1. The molecule has 0 saturated heterocycles. The molecular formula is C24H31N. The highest BCUT2D eigenvalue weighted by Crippen LogP contribution is 2.26. The lowest BCUT2D eigenvalue weighted by Crippen LogP contribution is -2.01. The van der Waals surface area contributed by atoms with Crippen LogP contribution < -0.4 is 5.32 Å². The molecule has 132 valence electrons. The van der Waals surface area contributed by atoms with Crippen LogP contribution in [-0.2, 0) is 6.42 Å². The smallest absolute Gasteiger partial charge is 0.0416 e. The van der Waals surface area contributed by atoms with E-state index in [1.54, 1.807) is 0 Å². The summed E-state index contributed by atoms with van der Waals surface area (Å²) < 4.78 is 0. The molecule has 1 N–H and O–H groups in total. The fourth-order valence-corrected chi connectivity index (χ4v) is 3.03. The predicted octanol–water partition coefficient (Wildman–Crippen LogP) is 7.17. The number of aryl methyl sites for hydroxylation is 1. The largest absolute Gasteiger partial charge is 0.355 e. The Labute approximate surface area is 153 Å². The first-order valence-electron chi connectivity index (χ1n) is 9.14. The van der Waals surface area contributed by atoms with Crippen LogP contribution in [0.25, 0.3) is 11.3 Å². The van der Waals surface area contributed by atoms with E-state index in [-0.39, 0.29) is 5.41 Å². The van der Waals surface area contributed by atoms with Gasteiger partial charge in [0.1, 0.15) is 0 Å². The lowest BCUT2D eigenvalue weighted by Gasteiger charge is -2.16. The molecule has 2 aromatic rings. The third kappa shape index (κ3) is 5.63. The predicted molar refractivity (Wildman–Crippen MR) is 113 cm³/mol. The summed E-state index contributed by atoms with van der Waals surface area (Å²) in [5, 5.41) is 3.49. The van der Waals surface area contributed by atoms with Crippen molar-refractivity contribution < 1.29 is 0 Å². The second kappa shape index (κ2) is 8.20. The molecule has 2 aromatic carbocycles. The standard InChI is InChI=1S/C24H31N/c1-7-10-22-11-8-9-12-23(22)25-19(3)21-15-13-20(14-16-21)18(2)17-24(4,5)6/h8-9,11-17,25H,3,7,10H2,1-2,4-6H3/b18-17+. The van der Waals surface area contributed by atoms with Crippen LogP contribution >= 0.6 is 0 Å². The van der Waals surface area contributed by atoms with E-state index in [0.717, 1.165) is 29.8 Å². The van der Waals surface area contributed by atoms with Gasteiger partial charge in [-0.15, -0.1) is 0 Å². The summed E-state index contributed by atoms with van der Waals surface area (Å²) in [5.74, 6) is 0. The molecule has 0 aliphatic carbocycles. The van der Waals surface area contributed by atoms with Gasteiger partial charge in [0, 0.05) is 11.4 Å². The zero-order valence-electron chi connectivity index (χ0n) is 16.3. The van der Waals surface area contributed by atoms with Crippen LogP contribution in [0.1, 0.15) is 57.7 Å². The van der Waals surface area contributed by atoms with Crippen molar-refractivity contribution in [3.63, 3.8) is 0 Å². The van der Waals surface area contributed by atoms with E-state index < -0.39 is 0 Å². The molecule has 0 fully saturated rings. The third-order valence-corrected chi connectivity index (χ3v) is 4.16. The Morgan fingerprint density at radius 2 is 1.60 bits per heavy atom. The van der Waals surface area contributed by atoms with Crippen LogP contribution in [0.2, 0.25) is 0 Å². The van der Waals surface area contributed by atoms with E-state index in [0.29, 0.717) is 0 Å². The highest BCUT2D eigenvalue weighted by molar-refractivity contribution is 5.77. The minimum atomic E-state index is 0.191. The Morgan fingerprint density at radius 1 is 1.00 bits per heavy atom. The number of hydrogen-bond acceptors (Lipinski definition) is 1. The second-order valence-corrected chi connectivity index (χ2v) is 7.78. The average Bonchev–Trinajstić information content (AvgIpc) is 2.55. The quantitative estimate of drug-likeness (QED) is 0.590. The lowest BCUT2D eigenvalue weighted by atomic mass is 9.91. The first-order chi connectivity index (χ1) is 11.8. The van der Waals surface area contributed by atoms with Crippen molar-refractivity contribution in [2.75, 3.05) is 5.32 Å². The number of allylic oxidation sites excluding steroid dienone is 2. The fourth-order valence-electron chi connectivity index (χ4n) is 3.03. The van der Waals surface area contributed by atoms with E-state index in [9.17, 15) is 0 Å². The maximum absolute atomic E-state index is 4.23. The molecule has 0 aliphatic rings. The van der Waals surface area contributed by atoms with Crippen LogP contribution in [0.4, 0.5) is 5.69 Å². The van der Waals surface area contributed by atoms with Crippen molar-refractivity contribution in [1.29, 1.82) is 0 Å². The van der Waals surface area contributed by atoms with E-state index >= 15 is 0 Å². The zero-order chi connectivity index (χ0) is 18.4. The van der Waals surface area contributed by atoms with Crippen LogP contribution in [0.15, 0.2) is 61.2 Å². The van der Waals surface area contributed by atoms with Gasteiger partial charge in [0.05, 0.1) is 0 Å². The number of anilines is 1. The Hall–Kier alpha value is -2.28. The zero-order valence-corrected chi connectivity index (χ0v) is 16.3. The molecular weight excluding hydrogens is 302 g/mol. The lowest BCUT2D eigenvalue weighted by molar-refractivity contribution is 0.545. The summed E-state index contributed by atoms with van der Waals surface area (Å²) >= 11 is 0. The minimum Gasteiger partial charge on any atom is -0.355 e. The van der Waals surface area contributed by atoms with Gasteiger partial charge < -0.3 is 5.32 Å². The van der Waals surface area contributed by atoms with E-state index in [4.69, 9.17) is 0 Å². The first-order valence-corrected chi connectivity index (χ1v) is 9.14. The highest BCUT2D eigenvalue weighted by Gasteiger charge is 2.08. The van der Waals surface area contributed by atoms with Crippen molar-refractivity contribution in [2.45, 2.75) is 47.5 Å². The third-order valence-electron chi connectivity index (χ3n) is 4.16. The minimum absolute atomic E-state index is 0.191. The summed E-state index contributed by atoms with van der Waals surface area (Å²) in [7, 11) is 0. The monoisotopic (exact) mass is 333 g/mol. The average molecular weight is 334 g/mol. The van der Waals surface area contributed by atoms with Crippen LogP contribution in [0, 0.1) is 5.41 Å². The Balaban J connectivity index is 2.15. The van der Waals surface area contributed by atoms with E-state index in [1.165, 1.54) is 16.7 Å². The van der Waals surface area contributed by atoms with Crippen LogP contribution in [0.5, 0.6) is 0 Å². The molecule has 0 unspecified atom stereocenters. The van der Waals surface area contributed by atoms with Gasteiger partial charge in [0.25, 0.3) is 0 Å². The van der Waals surface area contributed by atoms with Crippen molar-refractivity contribution in [3.05, 3.63) is 77.9 Å². The molecule has 0 spiro atoms. The number of rotatable bonds is 6. The van der Waals surface area contributed by atoms with Crippen molar-refractivity contribution >= 4 is 17.0 Å². The number of benzene rings is 2. The number of nitrogens with one attached hydrogen (secondary N) is 1. The fraction of sp³-hybridized carbons (Fsp3) is 0.333. The summed E-state index contributed by atoms with van der Waals surface area (Å²) in [6.45, 7) is 15.3. The maximum atomic E-state index is 4.23. The van der Waals surface area contributed by atoms with Crippen molar-refractivity contribution in [1.82, 2.24) is 0 Å². The molecule has 1 heteroatoms. The molecule has 0 bridgehead atoms. The van der Waals surface area contributed by atoms with E-state index in [1.807, 2.05) is 0 Å². The summed E-state index contributed by atoms with van der Waals surface area (Å²) in [6.07, 6.45) is 4.53. The van der Waals surface area contributed by atoms with Gasteiger partial charge >= 0.3 is 0 Å². The van der Waals surface area contributed by atoms with Gasteiger partial charge in [0.15, 0.2) is 0 Å². The molecule has 0 heterocycles. The molecule has 0 saturated carbocycles. The van der Waals surface area contributed by atoms with Gasteiger partial charge in [0.2, 0.25) is 0 Å². The Bertz CT molecular complexity index is 742. The number of hydrogen-bond donors (Lipinski definition) is 1. The summed E-state index contributed by atoms with van der Waals surface area (Å²) in [4.78, 5) is 0. The van der Waals surface area contributed by atoms with Gasteiger partial charge in [-0.2, -0.15) is 0 Å². The molecule has 2 rings (SSSR count). The first kappa shape index (κ1) is 19.1. The van der Waals surface area contributed by atoms with Gasteiger partial charge in [-0.1, -0.05) is 89.2 Å². The Kier molecular flexibility index (Phi) is 6.25. The van der Waals surface area contributed by atoms with Gasteiger partial charge in [-0.25, -0.2) is 0 Å².